The zero-order valence-corrected chi connectivity index (χ0v) is 14.0. The van der Waals surface area contributed by atoms with E-state index in [-0.39, 0.29) is 0 Å². The van der Waals surface area contributed by atoms with E-state index in [4.69, 9.17) is 4.74 Å². The van der Waals surface area contributed by atoms with Crippen LogP contribution in [0.2, 0.25) is 0 Å². The fraction of sp³-hybridized carbons (Fsp3) is 0.105. The lowest BCUT2D eigenvalue weighted by Gasteiger charge is -2.14. The third-order valence-electron chi connectivity index (χ3n) is 3.41. The number of hydrogen-bond donors (Lipinski definition) is 1. The Balaban J connectivity index is 1.96. The molecular weight excluding hydrogens is 316 g/mol. The van der Waals surface area contributed by atoms with E-state index in [0.717, 1.165) is 11.3 Å². The SMILES string of the molecule is CN(C)C(=O)Oc1cc(Nc2ccccc2)nnc1-c1ccccc1. The minimum absolute atomic E-state index is 0.346. The second-order valence-electron chi connectivity index (χ2n) is 5.56. The number of benzene rings is 2. The first-order valence-electron chi connectivity index (χ1n) is 7.78. The maximum atomic E-state index is 12.0. The van der Waals surface area contributed by atoms with Gasteiger partial charge in [-0.05, 0) is 12.1 Å². The molecule has 0 bridgehead atoms. The van der Waals surface area contributed by atoms with Gasteiger partial charge in [0.1, 0.15) is 5.69 Å². The van der Waals surface area contributed by atoms with Gasteiger partial charge in [-0.15, -0.1) is 10.2 Å². The molecule has 3 aromatic rings. The molecule has 0 aliphatic rings. The van der Waals surface area contributed by atoms with Crippen molar-refractivity contribution in [3.63, 3.8) is 0 Å². The molecule has 0 atom stereocenters. The molecule has 1 aromatic heterocycles. The van der Waals surface area contributed by atoms with Crippen LogP contribution in [0, 0.1) is 0 Å². The molecule has 0 aliphatic heterocycles. The van der Waals surface area contributed by atoms with Crippen LogP contribution in [0.1, 0.15) is 0 Å². The summed E-state index contributed by atoms with van der Waals surface area (Å²) in [5, 5.41) is 11.6. The normalized spacial score (nSPS) is 10.2. The monoisotopic (exact) mass is 334 g/mol. The number of rotatable bonds is 4. The second kappa shape index (κ2) is 7.44. The number of para-hydroxylation sites is 1. The Hall–Kier alpha value is -3.41. The van der Waals surface area contributed by atoms with Gasteiger partial charge in [-0.1, -0.05) is 48.5 Å². The lowest BCUT2D eigenvalue weighted by molar-refractivity contribution is 0.172. The Bertz CT molecular complexity index is 852. The highest BCUT2D eigenvalue weighted by atomic mass is 16.6. The van der Waals surface area contributed by atoms with Crippen LogP contribution in [0.5, 0.6) is 5.75 Å². The minimum atomic E-state index is -0.476. The van der Waals surface area contributed by atoms with Gasteiger partial charge >= 0.3 is 6.09 Å². The summed E-state index contributed by atoms with van der Waals surface area (Å²) in [6, 6.07) is 20.7. The zero-order valence-electron chi connectivity index (χ0n) is 14.0. The van der Waals surface area contributed by atoms with E-state index in [1.165, 1.54) is 4.90 Å². The molecule has 0 spiro atoms. The van der Waals surface area contributed by atoms with Gasteiger partial charge in [-0.2, -0.15) is 0 Å². The zero-order chi connectivity index (χ0) is 17.6. The van der Waals surface area contributed by atoms with Crippen LogP contribution in [0.3, 0.4) is 0 Å². The van der Waals surface area contributed by atoms with Gasteiger partial charge < -0.3 is 15.0 Å². The first kappa shape index (κ1) is 16.4. The summed E-state index contributed by atoms with van der Waals surface area (Å²) < 4.78 is 5.48. The van der Waals surface area contributed by atoms with Crippen LogP contribution in [0.25, 0.3) is 11.3 Å². The van der Waals surface area contributed by atoms with Gasteiger partial charge in [-0.25, -0.2) is 4.79 Å². The van der Waals surface area contributed by atoms with Crippen LogP contribution in [0.4, 0.5) is 16.3 Å². The number of amides is 1. The van der Waals surface area contributed by atoms with Crippen molar-refractivity contribution in [1.82, 2.24) is 15.1 Å². The Kier molecular flexibility index (Phi) is 4.89. The van der Waals surface area contributed by atoms with Crippen molar-refractivity contribution < 1.29 is 9.53 Å². The highest BCUT2D eigenvalue weighted by molar-refractivity contribution is 5.76. The quantitative estimate of drug-likeness (QED) is 0.782. The average molecular weight is 334 g/mol. The molecule has 0 saturated carbocycles. The molecule has 0 unspecified atom stereocenters. The van der Waals surface area contributed by atoms with Crippen molar-refractivity contribution in [1.29, 1.82) is 0 Å². The van der Waals surface area contributed by atoms with Crippen LogP contribution < -0.4 is 10.1 Å². The summed E-state index contributed by atoms with van der Waals surface area (Å²) in [6.45, 7) is 0. The molecule has 0 saturated heterocycles. The number of hydrogen-bond acceptors (Lipinski definition) is 5. The Morgan fingerprint density at radius 3 is 2.24 bits per heavy atom. The molecule has 126 valence electrons. The standard InChI is InChI=1S/C19H18N4O2/c1-23(2)19(24)25-16-13-17(20-15-11-7-4-8-12-15)21-22-18(16)14-9-5-3-6-10-14/h3-13H,1-2H3,(H,20,21). The summed E-state index contributed by atoms with van der Waals surface area (Å²) in [5.41, 5.74) is 2.20. The van der Waals surface area contributed by atoms with Crippen molar-refractivity contribution in [2.45, 2.75) is 0 Å². The van der Waals surface area contributed by atoms with E-state index in [9.17, 15) is 4.79 Å². The topological polar surface area (TPSA) is 67.3 Å². The number of ether oxygens (including phenoxy) is 1. The highest BCUT2D eigenvalue weighted by Gasteiger charge is 2.15. The lowest BCUT2D eigenvalue weighted by Crippen LogP contribution is -2.25. The Morgan fingerprint density at radius 2 is 1.60 bits per heavy atom. The Labute approximate surface area is 146 Å². The van der Waals surface area contributed by atoms with Crippen LogP contribution in [-0.4, -0.2) is 35.3 Å². The predicted molar refractivity (Wildman–Crippen MR) is 96.9 cm³/mol. The maximum Gasteiger partial charge on any atom is 0.414 e. The van der Waals surface area contributed by atoms with E-state index in [1.807, 2.05) is 60.7 Å². The molecule has 0 fully saturated rings. The number of carbonyl (C=O) groups is 1. The van der Waals surface area contributed by atoms with Gasteiger partial charge in [0.05, 0.1) is 0 Å². The van der Waals surface area contributed by atoms with Crippen molar-refractivity contribution >= 4 is 17.6 Å². The van der Waals surface area contributed by atoms with Crippen molar-refractivity contribution in [3.8, 4) is 17.0 Å². The van der Waals surface area contributed by atoms with Crippen LogP contribution in [-0.2, 0) is 0 Å². The van der Waals surface area contributed by atoms with E-state index in [1.54, 1.807) is 20.2 Å². The predicted octanol–water partition coefficient (Wildman–Crippen LogP) is 3.95. The van der Waals surface area contributed by atoms with E-state index in [0.29, 0.717) is 17.3 Å². The number of anilines is 2. The summed E-state index contributed by atoms with van der Waals surface area (Å²) >= 11 is 0. The van der Waals surface area contributed by atoms with Crippen LogP contribution >= 0.6 is 0 Å². The number of nitrogens with zero attached hydrogens (tertiary/aromatic N) is 3. The van der Waals surface area contributed by atoms with Crippen molar-refractivity contribution in [2.75, 3.05) is 19.4 Å². The smallest absolute Gasteiger partial charge is 0.408 e. The van der Waals surface area contributed by atoms with Gasteiger partial charge in [0.2, 0.25) is 0 Å². The first-order chi connectivity index (χ1) is 12.1. The summed E-state index contributed by atoms with van der Waals surface area (Å²) in [4.78, 5) is 13.4. The molecule has 3 rings (SSSR count). The largest absolute Gasteiger partial charge is 0.414 e. The summed E-state index contributed by atoms with van der Waals surface area (Å²) in [6.07, 6.45) is -0.476. The van der Waals surface area contributed by atoms with E-state index < -0.39 is 6.09 Å². The molecule has 1 heterocycles. The molecular formula is C19H18N4O2. The van der Waals surface area contributed by atoms with Crippen molar-refractivity contribution in [2.24, 2.45) is 0 Å². The number of carbonyl (C=O) groups excluding carboxylic acids is 1. The molecule has 0 radical (unpaired) electrons. The summed E-state index contributed by atoms with van der Waals surface area (Å²) in [5.74, 6) is 0.839. The van der Waals surface area contributed by atoms with Crippen LogP contribution in [0.15, 0.2) is 66.7 Å². The fourth-order valence-electron chi connectivity index (χ4n) is 2.16. The highest BCUT2D eigenvalue weighted by Crippen LogP contribution is 2.30. The first-order valence-corrected chi connectivity index (χ1v) is 7.78. The molecule has 1 N–H and O–H groups in total. The average Bonchev–Trinajstić information content (AvgIpc) is 2.63. The van der Waals surface area contributed by atoms with E-state index >= 15 is 0 Å². The fourth-order valence-corrected chi connectivity index (χ4v) is 2.16. The van der Waals surface area contributed by atoms with E-state index in [2.05, 4.69) is 15.5 Å². The van der Waals surface area contributed by atoms with Gasteiger partial charge in [-0.3, -0.25) is 0 Å². The second-order valence-corrected chi connectivity index (χ2v) is 5.56. The molecule has 25 heavy (non-hydrogen) atoms. The molecule has 2 aromatic carbocycles. The van der Waals surface area contributed by atoms with Gasteiger partial charge in [0.15, 0.2) is 11.6 Å². The summed E-state index contributed by atoms with van der Waals surface area (Å²) in [7, 11) is 3.25. The third kappa shape index (κ3) is 4.11. The molecule has 0 aliphatic carbocycles. The van der Waals surface area contributed by atoms with Gasteiger partial charge in [0.25, 0.3) is 0 Å². The minimum Gasteiger partial charge on any atom is -0.408 e. The third-order valence-corrected chi connectivity index (χ3v) is 3.41. The number of aromatic nitrogens is 2. The van der Waals surface area contributed by atoms with Crippen molar-refractivity contribution in [3.05, 3.63) is 66.7 Å². The molecule has 6 heteroatoms. The lowest BCUT2D eigenvalue weighted by atomic mass is 10.1. The maximum absolute atomic E-state index is 12.0. The number of nitrogens with one attached hydrogen (secondary N) is 1. The molecule has 1 amide bonds. The Morgan fingerprint density at radius 1 is 0.960 bits per heavy atom. The molecule has 6 nitrogen and oxygen atoms in total. The van der Waals surface area contributed by atoms with Gasteiger partial charge in [0, 0.05) is 31.4 Å².